The third kappa shape index (κ3) is 4.20. The third-order valence-electron chi connectivity index (χ3n) is 3.71. The minimum Gasteiger partial charge on any atom is -0.493 e. The van der Waals surface area contributed by atoms with Crippen molar-refractivity contribution in [3.63, 3.8) is 0 Å². The van der Waals surface area contributed by atoms with E-state index in [1.807, 2.05) is 22.9 Å². The van der Waals surface area contributed by atoms with E-state index in [1.165, 1.54) is 5.56 Å². The summed E-state index contributed by atoms with van der Waals surface area (Å²) in [6.07, 6.45) is 4.14. The van der Waals surface area contributed by atoms with E-state index in [0.29, 0.717) is 13.2 Å². The monoisotopic (exact) mass is 323 g/mol. The number of hydrogen-bond donors (Lipinski definition) is 0. The Hall–Kier alpha value is -2.66. The fourth-order valence-corrected chi connectivity index (χ4v) is 2.51. The van der Waals surface area contributed by atoms with Crippen molar-refractivity contribution in [1.82, 2.24) is 14.8 Å². The largest absolute Gasteiger partial charge is 0.493 e. The van der Waals surface area contributed by atoms with E-state index in [2.05, 4.69) is 40.4 Å². The van der Waals surface area contributed by atoms with Gasteiger partial charge in [-0.05, 0) is 17.2 Å². The summed E-state index contributed by atoms with van der Waals surface area (Å²) in [5.74, 6) is 0.901. The van der Waals surface area contributed by atoms with Gasteiger partial charge in [0.2, 0.25) is 0 Å². The van der Waals surface area contributed by atoms with Crippen LogP contribution in [-0.2, 0) is 11.3 Å². The summed E-state index contributed by atoms with van der Waals surface area (Å²) in [5.41, 5.74) is 3.42. The first-order chi connectivity index (χ1) is 11.9. The molecule has 1 aromatic heterocycles. The van der Waals surface area contributed by atoms with Gasteiger partial charge in [0.05, 0.1) is 13.2 Å². The van der Waals surface area contributed by atoms with E-state index in [0.717, 1.165) is 29.8 Å². The number of methoxy groups -OCH3 is 1. The molecule has 124 valence electrons. The molecule has 0 unspecified atom stereocenters. The van der Waals surface area contributed by atoms with Crippen LogP contribution >= 0.6 is 0 Å². The Balaban J connectivity index is 1.71. The second kappa shape index (κ2) is 8.26. The molecule has 0 aliphatic carbocycles. The zero-order valence-corrected chi connectivity index (χ0v) is 13.8. The van der Waals surface area contributed by atoms with Crippen molar-refractivity contribution in [1.29, 1.82) is 0 Å². The maximum Gasteiger partial charge on any atom is 0.137 e. The highest BCUT2D eigenvalue weighted by Gasteiger charge is 2.06. The van der Waals surface area contributed by atoms with Gasteiger partial charge in [-0.1, -0.05) is 42.5 Å². The molecule has 5 heteroatoms. The molecule has 0 saturated heterocycles. The smallest absolute Gasteiger partial charge is 0.137 e. The molecular formula is C19H21N3O2. The number of rotatable bonds is 8. The molecule has 2 aromatic carbocycles. The molecular weight excluding hydrogens is 302 g/mol. The van der Waals surface area contributed by atoms with Crippen molar-refractivity contribution in [2.45, 2.75) is 13.0 Å². The molecule has 3 rings (SSSR count). The zero-order chi connectivity index (χ0) is 16.6. The molecule has 0 amide bonds. The average molecular weight is 323 g/mol. The fourth-order valence-electron chi connectivity index (χ4n) is 2.51. The van der Waals surface area contributed by atoms with Gasteiger partial charge in [0, 0.05) is 25.7 Å². The molecule has 3 aromatic rings. The number of nitrogens with zero attached hydrogens (tertiary/aromatic N) is 3. The Kier molecular flexibility index (Phi) is 5.58. The lowest BCUT2D eigenvalue weighted by Crippen LogP contribution is -2.02. The van der Waals surface area contributed by atoms with Crippen LogP contribution in [0, 0.1) is 0 Å². The van der Waals surface area contributed by atoms with Crippen LogP contribution in [0.3, 0.4) is 0 Å². The number of aromatic nitrogens is 3. The lowest BCUT2D eigenvalue weighted by Gasteiger charge is -2.12. The Morgan fingerprint density at radius 1 is 1.00 bits per heavy atom. The predicted molar refractivity (Wildman–Crippen MR) is 93.0 cm³/mol. The summed E-state index contributed by atoms with van der Waals surface area (Å²) in [6, 6.07) is 16.6. The summed E-state index contributed by atoms with van der Waals surface area (Å²) in [4.78, 5) is 3.96. The van der Waals surface area contributed by atoms with Gasteiger partial charge in [0.15, 0.2) is 0 Å². The molecule has 0 saturated carbocycles. The maximum absolute atomic E-state index is 5.91. The average Bonchev–Trinajstić information content (AvgIpc) is 3.13. The molecule has 0 fully saturated rings. The van der Waals surface area contributed by atoms with Crippen LogP contribution in [0.25, 0.3) is 11.1 Å². The SMILES string of the molecule is COCCCOc1ccccc1-c1ccc(Cn2cncn2)cc1. The van der Waals surface area contributed by atoms with Gasteiger partial charge >= 0.3 is 0 Å². The van der Waals surface area contributed by atoms with Gasteiger partial charge in [0.25, 0.3) is 0 Å². The summed E-state index contributed by atoms with van der Waals surface area (Å²) in [6.45, 7) is 2.07. The highest BCUT2D eigenvalue weighted by Crippen LogP contribution is 2.30. The van der Waals surface area contributed by atoms with Crippen LogP contribution in [0.4, 0.5) is 0 Å². The van der Waals surface area contributed by atoms with E-state index < -0.39 is 0 Å². The van der Waals surface area contributed by atoms with Crippen molar-refractivity contribution in [3.8, 4) is 16.9 Å². The predicted octanol–water partition coefficient (Wildman–Crippen LogP) is 3.41. The molecule has 5 nitrogen and oxygen atoms in total. The molecule has 0 aliphatic rings. The highest BCUT2D eigenvalue weighted by atomic mass is 16.5. The Bertz CT molecular complexity index is 740. The second-order valence-electron chi connectivity index (χ2n) is 5.48. The van der Waals surface area contributed by atoms with Gasteiger partial charge < -0.3 is 9.47 Å². The normalized spacial score (nSPS) is 10.7. The molecule has 0 N–H and O–H groups in total. The molecule has 1 heterocycles. The van der Waals surface area contributed by atoms with Crippen LogP contribution < -0.4 is 4.74 Å². The molecule has 24 heavy (non-hydrogen) atoms. The zero-order valence-electron chi connectivity index (χ0n) is 13.8. The topological polar surface area (TPSA) is 49.2 Å². The Labute approximate surface area is 141 Å². The highest BCUT2D eigenvalue weighted by molar-refractivity contribution is 5.70. The van der Waals surface area contributed by atoms with Crippen molar-refractivity contribution in [3.05, 3.63) is 66.7 Å². The maximum atomic E-state index is 5.91. The van der Waals surface area contributed by atoms with Gasteiger partial charge in [-0.15, -0.1) is 0 Å². The van der Waals surface area contributed by atoms with Gasteiger partial charge in [-0.25, -0.2) is 9.67 Å². The van der Waals surface area contributed by atoms with E-state index in [9.17, 15) is 0 Å². The van der Waals surface area contributed by atoms with E-state index in [1.54, 1.807) is 19.8 Å². The third-order valence-corrected chi connectivity index (χ3v) is 3.71. The van der Waals surface area contributed by atoms with Crippen LogP contribution in [0.5, 0.6) is 5.75 Å². The minimum atomic E-state index is 0.648. The summed E-state index contributed by atoms with van der Waals surface area (Å²) < 4.78 is 12.8. The van der Waals surface area contributed by atoms with E-state index in [-0.39, 0.29) is 0 Å². The number of ether oxygens (including phenoxy) is 2. The molecule has 0 radical (unpaired) electrons. The molecule has 0 atom stereocenters. The summed E-state index contributed by atoms with van der Waals surface area (Å²) in [7, 11) is 1.70. The number of benzene rings is 2. The molecule has 0 spiro atoms. The standard InChI is InChI=1S/C19H21N3O2/c1-23-11-4-12-24-19-6-3-2-5-18(19)17-9-7-16(8-10-17)13-22-15-20-14-21-22/h2-3,5-10,14-15H,4,11-13H2,1H3. The lowest BCUT2D eigenvalue weighted by molar-refractivity contribution is 0.172. The van der Waals surface area contributed by atoms with Crippen molar-refractivity contribution in [2.75, 3.05) is 20.3 Å². The van der Waals surface area contributed by atoms with Crippen LogP contribution in [0.2, 0.25) is 0 Å². The van der Waals surface area contributed by atoms with Crippen LogP contribution in [0.15, 0.2) is 61.2 Å². The van der Waals surface area contributed by atoms with Crippen molar-refractivity contribution >= 4 is 0 Å². The first kappa shape index (κ1) is 16.2. The molecule has 0 bridgehead atoms. The number of para-hydroxylation sites is 1. The van der Waals surface area contributed by atoms with Gasteiger partial charge in [0.1, 0.15) is 18.4 Å². The van der Waals surface area contributed by atoms with E-state index in [4.69, 9.17) is 9.47 Å². The Morgan fingerprint density at radius 3 is 2.58 bits per heavy atom. The fraction of sp³-hybridized carbons (Fsp3) is 0.263. The quantitative estimate of drug-likeness (QED) is 0.596. The summed E-state index contributed by atoms with van der Waals surface area (Å²) >= 11 is 0. The van der Waals surface area contributed by atoms with Crippen LogP contribution in [-0.4, -0.2) is 35.1 Å². The van der Waals surface area contributed by atoms with Crippen molar-refractivity contribution in [2.24, 2.45) is 0 Å². The second-order valence-corrected chi connectivity index (χ2v) is 5.48. The van der Waals surface area contributed by atoms with Crippen LogP contribution in [0.1, 0.15) is 12.0 Å². The van der Waals surface area contributed by atoms with Gasteiger partial charge in [-0.3, -0.25) is 0 Å². The van der Waals surface area contributed by atoms with Gasteiger partial charge in [-0.2, -0.15) is 5.10 Å². The molecule has 0 aliphatic heterocycles. The summed E-state index contributed by atoms with van der Waals surface area (Å²) in [5, 5.41) is 4.13. The minimum absolute atomic E-state index is 0.648. The van der Waals surface area contributed by atoms with Crippen molar-refractivity contribution < 1.29 is 9.47 Å². The first-order valence-electron chi connectivity index (χ1n) is 7.99. The number of hydrogen-bond acceptors (Lipinski definition) is 4. The van der Waals surface area contributed by atoms with E-state index >= 15 is 0 Å². The first-order valence-corrected chi connectivity index (χ1v) is 7.99. The Morgan fingerprint density at radius 2 is 1.83 bits per heavy atom. The lowest BCUT2D eigenvalue weighted by atomic mass is 10.0.